The van der Waals surface area contributed by atoms with Crippen molar-refractivity contribution in [2.45, 2.75) is 32.8 Å². The van der Waals surface area contributed by atoms with E-state index in [1.807, 2.05) is 25.1 Å². The number of hydrogen-bond donors (Lipinski definition) is 3. The number of nitrogens with two attached hydrogens (primary N) is 1. The van der Waals surface area contributed by atoms with Gasteiger partial charge < -0.3 is 16.2 Å². The summed E-state index contributed by atoms with van der Waals surface area (Å²) in [6, 6.07) is 5.84. The van der Waals surface area contributed by atoms with Gasteiger partial charge in [-0.05, 0) is 31.5 Å². The maximum Gasteiger partial charge on any atom is 0.0712 e. The molecule has 0 radical (unpaired) electrons. The van der Waals surface area contributed by atoms with Gasteiger partial charge >= 0.3 is 0 Å². The molecule has 0 saturated heterocycles. The highest BCUT2D eigenvalue weighted by atomic mass is 16.3. The summed E-state index contributed by atoms with van der Waals surface area (Å²) in [6.45, 7) is 4.57. The average molecular weight is 259 g/mol. The molecule has 1 aromatic heterocycles. The summed E-state index contributed by atoms with van der Waals surface area (Å²) < 4.78 is 0. The van der Waals surface area contributed by atoms with Crippen LogP contribution in [0.5, 0.6) is 0 Å². The summed E-state index contributed by atoms with van der Waals surface area (Å²) in [6.07, 6.45) is 3.27. The van der Waals surface area contributed by atoms with Crippen molar-refractivity contribution in [3.8, 4) is 0 Å². The smallest absolute Gasteiger partial charge is 0.0712 e. The molecular formula is C15H21N3O. The number of anilines is 2. The third-order valence-electron chi connectivity index (χ3n) is 3.22. The van der Waals surface area contributed by atoms with Gasteiger partial charge in [-0.1, -0.05) is 13.3 Å². The van der Waals surface area contributed by atoms with Crippen LogP contribution in [0.15, 0.2) is 24.4 Å². The maximum absolute atomic E-state index is 9.79. The predicted octanol–water partition coefficient (Wildman–Crippen LogP) is 2.70. The van der Waals surface area contributed by atoms with E-state index in [1.54, 1.807) is 6.20 Å². The fourth-order valence-electron chi connectivity index (χ4n) is 2.18. The topological polar surface area (TPSA) is 71.2 Å². The highest BCUT2D eigenvalue weighted by Gasteiger charge is 2.07. The van der Waals surface area contributed by atoms with E-state index < -0.39 is 0 Å². The van der Waals surface area contributed by atoms with Crippen LogP contribution in [0, 0.1) is 6.92 Å². The Bertz CT molecular complexity index is 569. The molecule has 0 aliphatic rings. The Hall–Kier alpha value is -1.81. The van der Waals surface area contributed by atoms with Gasteiger partial charge in [0.05, 0.1) is 6.10 Å². The Morgan fingerprint density at radius 2 is 2.16 bits per heavy atom. The zero-order valence-electron chi connectivity index (χ0n) is 11.5. The van der Waals surface area contributed by atoms with E-state index in [2.05, 4.69) is 17.2 Å². The second-order valence-electron chi connectivity index (χ2n) is 4.90. The molecule has 0 bridgehead atoms. The van der Waals surface area contributed by atoms with Gasteiger partial charge in [-0.3, -0.25) is 4.98 Å². The first-order chi connectivity index (χ1) is 9.11. The normalized spacial score (nSPS) is 12.6. The largest absolute Gasteiger partial charge is 0.398 e. The zero-order valence-corrected chi connectivity index (χ0v) is 11.5. The first kappa shape index (κ1) is 13.6. The van der Waals surface area contributed by atoms with Crippen molar-refractivity contribution < 1.29 is 5.11 Å². The van der Waals surface area contributed by atoms with Crippen molar-refractivity contribution >= 4 is 22.1 Å². The number of nitrogens with one attached hydrogen (secondary N) is 1. The summed E-state index contributed by atoms with van der Waals surface area (Å²) in [5, 5.41) is 15.1. The minimum atomic E-state index is -0.319. The molecule has 0 spiro atoms. The van der Waals surface area contributed by atoms with E-state index in [0.717, 1.165) is 40.7 Å². The molecule has 4 N–H and O–H groups in total. The molecule has 0 amide bonds. The molecule has 0 aliphatic heterocycles. The maximum atomic E-state index is 9.79. The first-order valence-corrected chi connectivity index (χ1v) is 6.68. The van der Waals surface area contributed by atoms with E-state index in [0.29, 0.717) is 6.54 Å². The Morgan fingerprint density at radius 3 is 2.89 bits per heavy atom. The molecule has 0 aliphatic carbocycles. The van der Waals surface area contributed by atoms with Gasteiger partial charge in [0, 0.05) is 40.6 Å². The van der Waals surface area contributed by atoms with Crippen LogP contribution in [0.1, 0.15) is 25.5 Å². The van der Waals surface area contributed by atoms with E-state index in [1.165, 1.54) is 0 Å². The average Bonchev–Trinajstić information content (AvgIpc) is 2.38. The fourth-order valence-corrected chi connectivity index (χ4v) is 2.18. The van der Waals surface area contributed by atoms with Crippen LogP contribution in [0.3, 0.4) is 0 Å². The van der Waals surface area contributed by atoms with Crippen molar-refractivity contribution in [1.29, 1.82) is 0 Å². The van der Waals surface area contributed by atoms with E-state index >= 15 is 0 Å². The van der Waals surface area contributed by atoms with Gasteiger partial charge in [0.15, 0.2) is 0 Å². The molecule has 4 nitrogen and oxygen atoms in total. The number of aliphatic hydroxyl groups excluding tert-OH is 1. The highest BCUT2D eigenvalue weighted by Crippen LogP contribution is 2.28. The minimum absolute atomic E-state index is 0.319. The number of rotatable bonds is 5. The third-order valence-corrected chi connectivity index (χ3v) is 3.22. The molecule has 19 heavy (non-hydrogen) atoms. The molecule has 1 unspecified atom stereocenters. The predicted molar refractivity (Wildman–Crippen MR) is 80.3 cm³/mol. The molecule has 0 fully saturated rings. The SMILES string of the molecule is CCCC(O)CNc1ccc(N)c2cnc(C)cc12. The van der Waals surface area contributed by atoms with E-state index in [9.17, 15) is 5.11 Å². The number of aliphatic hydroxyl groups is 1. The number of hydrogen-bond acceptors (Lipinski definition) is 4. The summed E-state index contributed by atoms with van der Waals surface area (Å²) in [7, 11) is 0. The quantitative estimate of drug-likeness (QED) is 0.722. The first-order valence-electron chi connectivity index (χ1n) is 6.68. The second kappa shape index (κ2) is 5.89. The number of nitrogens with zero attached hydrogens (tertiary/aromatic N) is 1. The van der Waals surface area contributed by atoms with Crippen LogP contribution in [-0.4, -0.2) is 22.7 Å². The summed E-state index contributed by atoms with van der Waals surface area (Å²) in [5.74, 6) is 0. The number of pyridine rings is 1. The highest BCUT2D eigenvalue weighted by molar-refractivity contribution is 6.00. The number of nitrogen functional groups attached to an aromatic ring is 1. The molecule has 2 aromatic rings. The van der Waals surface area contributed by atoms with E-state index in [-0.39, 0.29) is 6.10 Å². The number of aryl methyl sites for hydroxylation is 1. The summed E-state index contributed by atoms with van der Waals surface area (Å²) >= 11 is 0. The van der Waals surface area contributed by atoms with Crippen molar-refractivity contribution in [1.82, 2.24) is 4.98 Å². The van der Waals surface area contributed by atoms with Crippen LogP contribution in [0.2, 0.25) is 0 Å². The number of fused-ring (bicyclic) bond motifs is 1. The Kier molecular flexibility index (Phi) is 4.22. The summed E-state index contributed by atoms with van der Waals surface area (Å²) in [4.78, 5) is 4.28. The van der Waals surface area contributed by atoms with Gasteiger partial charge in [0.25, 0.3) is 0 Å². The van der Waals surface area contributed by atoms with Crippen molar-refractivity contribution in [3.05, 3.63) is 30.1 Å². The third kappa shape index (κ3) is 3.15. The molecular weight excluding hydrogens is 238 g/mol. The van der Waals surface area contributed by atoms with Crippen LogP contribution in [0.4, 0.5) is 11.4 Å². The lowest BCUT2D eigenvalue weighted by Crippen LogP contribution is -2.19. The molecule has 0 saturated carbocycles. The van der Waals surface area contributed by atoms with Crippen LogP contribution >= 0.6 is 0 Å². The van der Waals surface area contributed by atoms with Gasteiger partial charge in [0.1, 0.15) is 0 Å². The molecule has 4 heteroatoms. The minimum Gasteiger partial charge on any atom is -0.398 e. The fraction of sp³-hybridized carbons (Fsp3) is 0.400. The van der Waals surface area contributed by atoms with Crippen molar-refractivity contribution in [2.24, 2.45) is 0 Å². The lowest BCUT2D eigenvalue weighted by atomic mass is 10.1. The lowest BCUT2D eigenvalue weighted by molar-refractivity contribution is 0.176. The zero-order chi connectivity index (χ0) is 13.8. The van der Waals surface area contributed by atoms with Crippen molar-refractivity contribution in [2.75, 3.05) is 17.6 Å². The Labute approximate surface area is 113 Å². The number of benzene rings is 1. The van der Waals surface area contributed by atoms with Gasteiger partial charge in [-0.2, -0.15) is 0 Å². The van der Waals surface area contributed by atoms with Crippen LogP contribution in [0.25, 0.3) is 10.8 Å². The molecule has 2 rings (SSSR count). The Balaban J connectivity index is 2.28. The molecule has 1 heterocycles. The molecule has 1 aromatic carbocycles. The second-order valence-corrected chi connectivity index (χ2v) is 4.90. The van der Waals surface area contributed by atoms with Crippen molar-refractivity contribution in [3.63, 3.8) is 0 Å². The standard InChI is InChI=1S/C15H21N3O/c1-3-4-11(19)8-18-15-6-5-14(16)13-9-17-10(2)7-12(13)15/h5-7,9,11,18-19H,3-4,8,16H2,1-2H3. The van der Waals surface area contributed by atoms with Gasteiger partial charge in [-0.25, -0.2) is 0 Å². The monoisotopic (exact) mass is 259 g/mol. The van der Waals surface area contributed by atoms with Crippen LogP contribution < -0.4 is 11.1 Å². The lowest BCUT2D eigenvalue weighted by Gasteiger charge is -2.14. The van der Waals surface area contributed by atoms with Gasteiger partial charge in [-0.15, -0.1) is 0 Å². The Morgan fingerprint density at radius 1 is 1.37 bits per heavy atom. The summed E-state index contributed by atoms with van der Waals surface area (Å²) in [5.41, 5.74) is 8.63. The van der Waals surface area contributed by atoms with Crippen LogP contribution in [-0.2, 0) is 0 Å². The molecule has 1 atom stereocenters. The number of aromatic nitrogens is 1. The van der Waals surface area contributed by atoms with E-state index in [4.69, 9.17) is 5.73 Å². The van der Waals surface area contributed by atoms with Gasteiger partial charge in [0.2, 0.25) is 0 Å². The molecule has 102 valence electrons.